The average molecular weight is 365 g/mol. The molecule has 0 unspecified atom stereocenters. The van der Waals surface area contributed by atoms with Crippen molar-refractivity contribution in [1.29, 1.82) is 0 Å². The predicted octanol–water partition coefficient (Wildman–Crippen LogP) is 3.22. The summed E-state index contributed by atoms with van der Waals surface area (Å²) in [5.41, 5.74) is 4.88. The second-order valence-electron chi connectivity index (χ2n) is 8.18. The second-order valence-corrected chi connectivity index (χ2v) is 8.18. The van der Waals surface area contributed by atoms with E-state index in [4.69, 9.17) is 0 Å². The van der Waals surface area contributed by atoms with Gasteiger partial charge < -0.3 is 9.80 Å². The number of nitrogens with zero attached hydrogens (tertiary/aromatic N) is 3. The van der Waals surface area contributed by atoms with E-state index in [1.54, 1.807) is 30.1 Å². The molecule has 0 aromatic heterocycles. The first-order chi connectivity index (χ1) is 12.6. The summed E-state index contributed by atoms with van der Waals surface area (Å²) in [4.78, 5) is 33.9. The molecule has 3 rings (SSSR count). The summed E-state index contributed by atoms with van der Waals surface area (Å²) in [5, 5.41) is 0. The number of likely N-dealkylation sites (N-methyl/N-ethyl adjacent to an activating group) is 1. The molecule has 2 amide bonds. The minimum Gasteiger partial charge on any atom is -0.345 e. The van der Waals surface area contributed by atoms with Gasteiger partial charge in [0.05, 0.1) is 12.1 Å². The first-order valence-corrected chi connectivity index (χ1v) is 9.18. The lowest BCUT2D eigenvalue weighted by Gasteiger charge is -2.30. The van der Waals surface area contributed by atoms with Crippen molar-refractivity contribution in [2.75, 3.05) is 27.2 Å². The van der Waals surface area contributed by atoms with Crippen LogP contribution in [0.5, 0.6) is 0 Å². The third kappa shape index (κ3) is 3.46. The van der Waals surface area contributed by atoms with E-state index in [2.05, 4.69) is 18.8 Å². The molecule has 142 valence electrons. The molecule has 0 atom stereocenters. The summed E-state index contributed by atoms with van der Waals surface area (Å²) in [6.07, 6.45) is 1.72. The number of hydrogen-bond acceptors (Lipinski definition) is 3. The summed E-state index contributed by atoms with van der Waals surface area (Å²) in [6.45, 7) is 9.25. The van der Waals surface area contributed by atoms with Crippen LogP contribution in [0.4, 0.5) is 0 Å². The normalized spacial score (nSPS) is 18.5. The van der Waals surface area contributed by atoms with Crippen molar-refractivity contribution < 1.29 is 9.59 Å². The van der Waals surface area contributed by atoms with E-state index in [-0.39, 0.29) is 17.2 Å². The van der Waals surface area contributed by atoms with Crippen LogP contribution in [0.25, 0.3) is 0 Å². The molecule has 0 bridgehead atoms. The van der Waals surface area contributed by atoms with E-state index < -0.39 is 0 Å². The number of hydrogen-bond donors (Lipinski definition) is 0. The number of carbonyl (C=O) groups is 2. The lowest BCUT2D eigenvalue weighted by atomic mass is 9.80. The summed E-state index contributed by atoms with van der Waals surface area (Å²) in [7, 11) is 3.46. The van der Waals surface area contributed by atoms with Crippen molar-refractivity contribution in [2.45, 2.75) is 27.7 Å². The number of carbonyl (C=O) groups excluding carboxylic acids is 2. The van der Waals surface area contributed by atoms with Crippen LogP contribution >= 0.6 is 0 Å². The number of rotatable bonds is 2. The van der Waals surface area contributed by atoms with Gasteiger partial charge in [-0.15, -0.1) is 0 Å². The fourth-order valence-corrected chi connectivity index (χ4v) is 3.67. The maximum atomic E-state index is 13.2. The molecule has 27 heavy (non-hydrogen) atoms. The van der Waals surface area contributed by atoms with E-state index in [0.717, 1.165) is 22.4 Å². The SMILES string of the molecule is CC1=NCC2=C1C(C(=O)N(C)C)=CN(C(=O)c1ccc(C)cc1)CC2(C)C. The van der Waals surface area contributed by atoms with E-state index in [0.29, 0.717) is 24.2 Å². The quantitative estimate of drug-likeness (QED) is 0.808. The van der Waals surface area contributed by atoms with Crippen LogP contribution in [0, 0.1) is 12.3 Å². The van der Waals surface area contributed by atoms with Crippen molar-refractivity contribution in [1.82, 2.24) is 9.80 Å². The largest absolute Gasteiger partial charge is 0.345 e. The van der Waals surface area contributed by atoms with Gasteiger partial charge in [0.25, 0.3) is 11.8 Å². The van der Waals surface area contributed by atoms with Gasteiger partial charge in [-0.25, -0.2) is 0 Å². The Kier molecular flexibility index (Phi) is 4.81. The van der Waals surface area contributed by atoms with Crippen molar-refractivity contribution in [3.05, 3.63) is 58.3 Å². The summed E-state index contributed by atoms with van der Waals surface area (Å²) < 4.78 is 0. The molecule has 5 nitrogen and oxygen atoms in total. The highest BCUT2D eigenvalue weighted by Gasteiger charge is 2.39. The van der Waals surface area contributed by atoms with Gasteiger partial charge in [-0.2, -0.15) is 0 Å². The highest BCUT2D eigenvalue weighted by atomic mass is 16.2. The highest BCUT2D eigenvalue weighted by molar-refractivity contribution is 6.15. The lowest BCUT2D eigenvalue weighted by Crippen LogP contribution is -2.36. The van der Waals surface area contributed by atoms with E-state index in [9.17, 15) is 9.59 Å². The third-order valence-electron chi connectivity index (χ3n) is 5.27. The van der Waals surface area contributed by atoms with E-state index in [1.807, 2.05) is 38.1 Å². The van der Waals surface area contributed by atoms with Gasteiger partial charge in [-0.1, -0.05) is 31.5 Å². The molecule has 5 heteroatoms. The smallest absolute Gasteiger partial charge is 0.257 e. The minimum atomic E-state index is -0.276. The van der Waals surface area contributed by atoms with Crippen LogP contribution in [-0.4, -0.2) is 54.5 Å². The second kappa shape index (κ2) is 6.80. The van der Waals surface area contributed by atoms with Crippen LogP contribution < -0.4 is 0 Å². The topological polar surface area (TPSA) is 53.0 Å². The number of benzene rings is 1. The molecule has 0 fully saturated rings. The monoisotopic (exact) mass is 365 g/mol. The fourth-order valence-electron chi connectivity index (χ4n) is 3.67. The average Bonchev–Trinajstić information content (AvgIpc) is 2.94. The molecule has 0 spiro atoms. The fraction of sp³-hybridized carbons (Fsp3) is 0.409. The zero-order valence-electron chi connectivity index (χ0n) is 17.0. The van der Waals surface area contributed by atoms with Crippen molar-refractivity contribution >= 4 is 17.5 Å². The minimum absolute atomic E-state index is 0.0945. The zero-order valence-corrected chi connectivity index (χ0v) is 17.0. The molecule has 1 aromatic carbocycles. The summed E-state index contributed by atoms with van der Waals surface area (Å²) >= 11 is 0. The number of aliphatic imine (C=N–C) groups is 1. The maximum absolute atomic E-state index is 13.2. The maximum Gasteiger partial charge on any atom is 0.257 e. The van der Waals surface area contributed by atoms with E-state index in [1.165, 1.54) is 0 Å². The van der Waals surface area contributed by atoms with Crippen LogP contribution in [0.1, 0.15) is 36.7 Å². The molecule has 2 heterocycles. The first-order valence-electron chi connectivity index (χ1n) is 9.18. The Hall–Kier alpha value is -2.69. The summed E-state index contributed by atoms with van der Waals surface area (Å²) in [6, 6.07) is 7.54. The molecule has 0 aliphatic carbocycles. The molecule has 2 aliphatic rings. The number of aryl methyl sites for hydroxylation is 1. The Bertz CT molecular complexity index is 887. The molecule has 0 radical (unpaired) electrons. The van der Waals surface area contributed by atoms with Gasteiger partial charge in [0.1, 0.15) is 0 Å². The van der Waals surface area contributed by atoms with Gasteiger partial charge in [0.15, 0.2) is 0 Å². The third-order valence-corrected chi connectivity index (χ3v) is 5.27. The van der Waals surface area contributed by atoms with Crippen molar-refractivity contribution in [3.63, 3.8) is 0 Å². The van der Waals surface area contributed by atoms with Gasteiger partial charge in [-0.3, -0.25) is 14.6 Å². The van der Waals surface area contributed by atoms with Crippen molar-refractivity contribution in [3.8, 4) is 0 Å². The van der Waals surface area contributed by atoms with E-state index >= 15 is 0 Å². The van der Waals surface area contributed by atoms with Crippen LogP contribution in [-0.2, 0) is 4.79 Å². The first kappa shape index (κ1) is 19.1. The molecule has 0 saturated carbocycles. The molecule has 0 N–H and O–H groups in total. The Labute approximate surface area is 161 Å². The standard InChI is InChI=1S/C22H27N3O2/c1-14-7-9-16(10-8-14)20(26)25-12-17(21(27)24(5)6)19-15(2)23-11-18(19)22(3,4)13-25/h7-10,12H,11,13H2,1-6H3. The molecule has 1 aromatic rings. The lowest BCUT2D eigenvalue weighted by molar-refractivity contribution is -0.124. The van der Waals surface area contributed by atoms with Gasteiger partial charge in [0, 0.05) is 49.1 Å². The molecular weight excluding hydrogens is 338 g/mol. The predicted molar refractivity (Wildman–Crippen MR) is 108 cm³/mol. The Morgan fingerprint density at radius 2 is 1.74 bits per heavy atom. The van der Waals surface area contributed by atoms with Gasteiger partial charge in [0.2, 0.25) is 0 Å². The Morgan fingerprint density at radius 1 is 1.11 bits per heavy atom. The molecule has 0 saturated heterocycles. The van der Waals surface area contributed by atoms with Gasteiger partial charge >= 0.3 is 0 Å². The van der Waals surface area contributed by atoms with Crippen LogP contribution in [0.3, 0.4) is 0 Å². The number of amides is 2. The molecular formula is C22H27N3O2. The summed E-state index contributed by atoms with van der Waals surface area (Å²) in [5.74, 6) is -0.207. The van der Waals surface area contributed by atoms with Crippen LogP contribution in [0.15, 0.2) is 52.2 Å². The Morgan fingerprint density at radius 3 is 2.33 bits per heavy atom. The zero-order chi connectivity index (χ0) is 19.9. The Balaban J connectivity index is 2.11. The van der Waals surface area contributed by atoms with Crippen LogP contribution in [0.2, 0.25) is 0 Å². The highest BCUT2D eigenvalue weighted by Crippen LogP contribution is 2.40. The molecule has 2 aliphatic heterocycles. The van der Waals surface area contributed by atoms with Crippen molar-refractivity contribution in [2.24, 2.45) is 10.4 Å². The van der Waals surface area contributed by atoms with Gasteiger partial charge in [-0.05, 0) is 31.6 Å².